The first-order chi connectivity index (χ1) is 16.1. The van der Waals surface area contributed by atoms with Gasteiger partial charge < -0.3 is 16.2 Å². The van der Waals surface area contributed by atoms with Crippen LogP contribution in [0.1, 0.15) is 30.4 Å². The van der Waals surface area contributed by atoms with E-state index in [1.165, 1.54) is 5.56 Å². The molecule has 0 aliphatic heterocycles. The minimum atomic E-state index is -0.861. The average molecular weight is 456 g/mol. The van der Waals surface area contributed by atoms with Gasteiger partial charge >= 0.3 is 0 Å². The number of nitrogens with one attached hydrogen (secondary N) is 1. The molecule has 7 heteroatoms. The molecule has 1 fully saturated rings. The van der Waals surface area contributed by atoms with E-state index < -0.39 is 5.60 Å². The fraction of sp³-hybridized carbons (Fsp3) is 0.269. The molecule has 1 aliphatic carbocycles. The van der Waals surface area contributed by atoms with Gasteiger partial charge in [-0.05, 0) is 43.4 Å². The van der Waals surface area contributed by atoms with E-state index in [0.29, 0.717) is 12.4 Å². The number of nitrogens with zero attached hydrogens (tertiary/aromatic N) is 3. The van der Waals surface area contributed by atoms with Crippen LogP contribution in [0.2, 0.25) is 0 Å². The molecule has 1 aliphatic rings. The van der Waals surface area contributed by atoms with Crippen LogP contribution < -0.4 is 11.1 Å². The van der Waals surface area contributed by atoms with Crippen LogP contribution >= 0.6 is 11.3 Å². The van der Waals surface area contributed by atoms with Crippen molar-refractivity contribution in [3.05, 3.63) is 71.4 Å². The smallest absolute Gasteiger partial charge is 0.162 e. The molecule has 0 unspecified atom stereocenters. The molecule has 0 amide bonds. The Morgan fingerprint density at radius 3 is 2.64 bits per heavy atom. The first kappa shape index (κ1) is 21.5. The first-order valence-electron chi connectivity index (χ1n) is 11.1. The normalized spacial score (nSPS) is 15.3. The van der Waals surface area contributed by atoms with Crippen molar-refractivity contribution in [2.24, 2.45) is 5.73 Å². The predicted octanol–water partition coefficient (Wildman–Crippen LogP) is 4.00. The van der Waals surface area contributed by atoms with Crippen molar-refractivity contribution in [3.63, 3.8) is 0 Å². The van der Waals surface area contributed by atoms with E-state index in [-0.39, 0.29) is 6.04 Å². The van der Waals surface area contributed by atoms with Crippen molar-refractivity contribution >= 4 is 27.4 Å². The largest absolute Gasteiger partial charge is 0.378 e. The van der Waals surface area contributed by atoms with Crippen molar-refractivity contribution in [3.8, 4) is 23.2 Å². The van der Waals surface area contributed by atoms with E-state index in [2.05, 4.69) is 34.3 Å². The third-order valence-electron chi connectivity index (χ3n) is 5.84. The van der Waals surface area contributed by atoms with Gasteiger partial charge in [-0.25, -0.2) is 9.97 Å². The Morgan fingerprint density at radius 2 is 1.91 bits per heavy atom. The van der Waals surface area contributed by atoms with E-state index in [4.69, 9.17) is 15.7 Å². The van der Waals surface area contributed by atoms with E-state index >= 15 is 0 Å². The van der Waals surface area contributed by atoms with E-state index in [9.17, 15) is 5.11 Å². The lowest BCUT2D eigenvalue weighted by molar-refractivity contribution is 0.0240. The van der Waals surface area contributed by atoms with Crippen molar-refractivity contribution in [2.75, 3.05) is 11.9 Å². The monoisotopic (exact) mass is 455 g/mol. The van der Waals surface area contributed by atoms with Gasteiger partial charge in [-0.3, -0.25) is 4.98 Å². The number of pyridine rings is 1. The van der Waals surface area contributed by atoms with Crippen LogP contribution in [0.3, 0.4) is 0 Å². The van der Waals surface area contributed by atoms with Gasteiger partial charge in [0.25, 0.3) is 0 Å². The Bertz CT molecular complexity index is 1310. The summed E-state index contributed by atoms with van der Waals surface area (Å²) in [5.74, 6) is 7.57. The zero-order valence-electron chi connectivity index (χ0n) is 18.2. The van der Waals surface area contributed by atoms with Crippen molar-refractivity contribution in [1.82, 2.24) is 15.0 Å². The second kappa shape index (κ2) is 9.28. The van der Waals surface area contributed by atoms with Crippen molar-refractivity contribution in [1.29, 1.82) is 0 Å². The SMILES string of the molecule is N[C@@H](CNc1nc(-c2ccncc2)nc2c(C#CC3(O)CCC3)csc12)Cc1ccccc1. The molecule has 1 atom stereocenters. The van der Waals surface area contributed by atoms with Gasteiger partial charge in [-0.1, -0.05) is 42.2 Å². The predicted molar refractivity (Wildman–Crippen MR) is 133 cm³/mol. The number of nitrogens with two attached hydrogens (primary N) is 1. The number of aromatic nitrogens is 3. The number of benzene rings is 1. The van der Waals surface area contributed by atoms with Gasteiger partial charge in [0.2, 0.25) is 0 Å². The molecule has 33 heavy (non-hydrogen) atoms. The molecule has 1 aromatic carbocycles. The summed E-state index contributed by atoms with van der Waals surface area (Å²) in [6.07, 6.45) is 6.70. The summed E-state index contributed by atoms with van der Waals surface area (Å²) in [7, 11) is 0. The Kier molecular flexibility index (Phi) is 6.05. The molecule has 3 aromatic heterocycles. The van der Waals surface area contributed by atoms with Crippen molar-refractivity contribution in [2.45, 2.75) is 37.3 Å². The second-order valence-electron chi connectivity index (χ2n) is 8.42. The van der Waals surface area contributed by atoms with E-state index in [1.807, 2.05) is 35.7 Å². The molecule has 4 aromatic rings. The van der Waals surface area contributed by atoms with Crippen LogP contribution in [-0.2, 0) is 6.42 Å². The maximum Gasteiger partial charge on any atom is 0.162 e. The maximum atomic E-state index is 10.4. The number of hydrogen-bond acceptors (Lipinski definition) is 7. The van der Waals surface area contributed by atoms with Crippen molar-refractivity contribution < 1.29 is 5.11 Å². The number of anilines is 1. The molecule has 0 spiro atoms. The summed E-state index contributed by atoms with van der Waals surface area (Å²) < 4.78 is 0.935. The van der Waals surface area contributed by atoms with Gasteiger partial charge in [-0.2, -0.15) is 0 Å². The Balaban J connectivity index is 1.46. The number of aliphatic hydroxyl groups is 1. The molecule has 0 saturated heterocycles. The number of thiophene rings is 1. The lowest BCUT2D eigenvalue weighted by Gasteiger charge is -2.30. The minimum Gasteiger partial charge on any atom is -0.378 e. The Morgan fingerprint density at radius 1 is 1.12 bits per heavy atom. The van der Waals surface area contributed by atoms with Crippen LogP contribution in [0.25, 0.3) is 21.6 Å². The average Bonchev–Trinajstić information content (AvgIpc) is 3.24. The molecule has 5 rings (SSSR count). The third kappa shape index (κ3) is 4.88. The number of hydrogen-bond donors (Lipinski definition) is 3. The number of rotatable bonds is 6. The van der Waals surface area contributed by atoms with E-state index in [0.717, 1.165) is 52.8 Å². The highest BCUT2D eigenvalue weighted by atomic mass is 32.1. The minimum absolute atomic E-state index is 0.0612. The Hall–Kier alpha value is -3.31. The molecule has 6 nitrogen and oxygen atoms in total. The van der Waals surface area contributed by atoms with Crippen LogP contribution in [-0.4, -0.2) is 38.2 Å². The van der Waals surface area contributed by atoms with Crippen LogP contribution in [0.15, 0.2) is 60.2 Å². The molecule has 3 heterocycles. The number of fused-ring (bicyclic) bond motifs is 1. The highest BCUT2D eigenvalue weighted by molar-refractivity contribution is 7.18. The van der Waals surface area contributed by atoms with E-state index in [1.54, 1.807) is 23.7 Å². The quantitative estimate of drug-likeness (QED) is 0.380. The summed E-state index contributed by atoms with van der Waals surface area (Å²) in [5.41, 5.74) is 9.23. The maximum absolute atomic E-state index is 10.4. The molecule has 0 bridgehead atoms. The second-order valence-corrected chi connectivity index (χ2v) is 9.30. The fourth-order valence-corrected chi connectivity index (χ4v) is 4.70. The summed E-state index contributed by atoms with van der Waals surface area (Å²) in [5, 5.41) is 15.8. The zero-order chi connectivity index (χ0) is 22.7. The first-order valence-corrected chi connectivity index (χ1v) is 12.0. The molecule has 4 N–H and O–H groups in total. The lowest BCUT2D eigenvalue weighted by atomic mass is 9.81. The van der Waals surface area contributed by atoms with Gasteiger partial charge in [0.1, 0.15) is 16.9 Å². The van der Waals surface area contributed by atoms with Gasteiger partial charge in [-0.15, -0.1) is 11.3 Å². The molecular formula is C26H25N5OS. The highest BCUT2D eigenvalue weighted by Gasteiger charge is 2.32. The topological polar surface area (TPSA) is 97.0 Å². The summed E-state index contributed by atoms with van der Waals surface area (Å²) in [6.45, 7) is 0.579. The van der Waals surface area contributed by atoms with Crippen LogP contribution in [0, 0.1) is 11.8 Å². The standard InChI is InChI=1S/C26H25N5OS/c27-21(15-18-5-2-1-3-6-18)16-29-25-23-22(30-24(31-25)19-8-13-28-14-9-19)20(17-33-23)7-12-26(32)10-4-11-26/h1-3,5-6,8-9,13-14,17,21,32H,4,10-11,15-16,27H2,(H,29,30,31)/t21-/m1/s1. The summed E-state index contributed by atoms with van der Waals surface area (Å²) >= 11 is 1.55. The zero-order valence-corrected chi connectivity index (χ0v) is 19.0. The van der Waals surface area contributed by atoms with Crippen LogP contribution in [0.5, 0.6) is 0 Å². The fourth-order valence-electron chi connectivity index (χ4n) is 3.79. The molecule has 1 saturated carbocycles. The summed E-state index contributed by atoms with van der Waals surface area (Å²) in [6, 6.07) is 14.0. The van der Waals surface area contributed by atoms with Gasteiger partial charge in [0, 0.05) is 35.9 Å². The Labute approximate surface area is 196 Å². The van der Waals surface area contributed by atoms with Gasteiger partial charge in [0.15, 0.2) is 5.82 Å². The van der Waals surface area contributed by atoms with Crippen LogP contribution in [0.4, 0.5) is 5.82 Å². The highest BCUT2D eigenvalue weighted by Crippen LogP contribution is 2.33. The molecule has 166 valence electrons. The third-order valence-corrected chi connectivity index (χ3v) is 6.81. The molecule has 0 radical (unpaired) electrons. The van der Waals surface area contributed by atoms with Gasteiger partial charge in [0.05, 0.1) is 10.3 Å². The summed E-state index contributed by atoms with van der Waals surface area (Å²) in [4.78, 5) is 13.7. The molecular weight excluding hydrogens is 430 g/mol. The lowest BCUT2D eigenvalue weighted by Crippen LogP contribution is -2.34.